The SMILES string of the molecule is O=C(Nc1cccc(F)c1)Nc1cc(F)c(F)c(Oc2ccc3ncc(N4CCOCC4)nc3c2)c1Cl. The van der Waals surface area contributed by atoms with Crippen LogP contribution in [0.1, 0.15) is 0 Å². The predicted molar refractivity (Wildman–Crippen MR) is 133 cm³/mol. The summed E-state index contributed by atoms with van der Waals surface area (Å²) in [6.07, 6.45) is 1.66. The van der Waals surface area contributed by atoms with Gasteiger partial charge in [0, 0.05) is 30.9 Å². The lowest BCUT2D eigenvalue weighted by atomic mass is 10.2. The van der Waals surface area contributed by atoms with Crippen LogP contribution < -0.4 is 20.3 Å². The lowest BCUT2D eigenvalue weighted by Gasteiger charge is -2.27. The van der Waals surface area contributed by atoms with Gasteiger partial charge in [-0.05, 0) is 30.3 Å². The van der Waals surface area contributed by atoms with Gasteiger partial charge in [-0.25, -0.2) is 18.6 Å². The van der Waals surface area contributed by atoms with E-state index in [2.05, 4.69) is 20.6 Å². The monoisotopic (exact) mass is 529 g/mol. The minimum absolute atomic E-state index is 0.127. The molecule has 1 fully saturated rings. The number of urea groups is 1. The van der Waals surface area contributed by atoms with E-state index in [1.807, 2.05) is 4.90 Å². The Morgan fingerprint density at radius 3 is 2.62 bits per heavy atom. The molecule has 1 aliphatic rings. The minimum atomic E-state index is -1.34. The molecule has 0 bridgehead atoms. The van der Waals surface area contributed by atoms with Crippen molar-refractivity contribution in [3.8, 4) is 11.5 Å². The number of aromatic nitrogens is 2. The van der Waals surface area contributed by atoms with Crippen molar-refractivity contribution in [2.45, 2.75) is 0 Å². The van der Waals surface area contributed by atoms with Crippen LogP contribution in [-0.2, 0) is 4.74 Å². The van der Waals surface area contributed by atoms with Gasteiger partial charge < -0.3 is 25.0 Å². The van der Waals surface area contributed by atoms with Crippen LogP contribution in [0.2, 0.25) is 5.02 Å². The van der Waals surface area contributed by atoms with Crippen molar-refractivity contribution in [1.82, 2.24) is 9.97 Å². The number of benzene rings is 3. The van der Waals surface area contributed by atoms with Crippen molar-refractivity contribution in [3.63, 3.8) is 0 Å². The van der Waals surface area contributed by atoms with Gasteiger partial charge in [0.2, 0.25) is 5.82 Å². The Labute approximate surface area is 214 Å². The molecule has 2 heterocycles. The molecule has 37 heavy (non-hydrogen) atoms. The molecule has 2 amide bonds. The summed E-state index contributed by atoms with van der Waals surface area (Å²) in [7, 11) is 0. The lowest BCUT2D eigenvalue weighted by molar-refractivity contribution is 0.122. The van der Waals surface area contributed by atoms with Gasteiger partial charge in [-0.2, -0.15) is 4.39 Å². The zero-order chi connectivity index (χ0) is 25.9. The highest BCUT2D eigenvalue weighted by atomic mass is 35.5. The molecule has 4 aromatic rings. The average molecular weight is 530 g/mol. The maximum Gasteiger partial charge on any atom is 0.323 e. The number of morpholine rings is 1. The number of nitrogens with zero attached hydrogens (tertiary/aromatic N) is 3. The van der Waals surface area contributed by atoms with Crippen LogP contribution in [0.25, 0.3) is 11.0 Å². The highest BCUT2D eigenvalue weighted by Gasteiger charge is 2.22. The largest absolute Gasteiger partial charge is 0.452 e. The molecule has 2 N–H and O–H groups in total. The Morgan fingerprint density at radius 1 is 1.03 bits per heavy atom. The van der Waals surface area contributed by atoms with Crippen molar-refractivity contribution in [2.24, 2.45) is 0 Å². The number of nitrogens with one attached hydrogen (secondary N) is 2. The van der Waals surface area contributed by atoms with Crippen LogP contribution in [0.5, 0.6) is 11.5 Å². The molecule has 190 valence electrons. The molecule has 0 atom stereocenters. The third-order valence-electron chi connectivity index (χ3n) is 5.50. The first-order valence-corrected chi connectivity index (χ1v) is 11.5. The normalized spacial score (nSPS) is 13.5. The number of carbonyl (C=O) groups is 1. The molecule has 8 nitrogen and oxygen atoms in total. The molecule has 0 spiro atoms. The smallest absolute Gasteiger partial charge is 0.323 e. The van der Waals surface area contributed by atoms with Gasteiger partial charge in [-0.1, -0.05) is 17.7 Å². The van der Waals surface area contributed by atoms with E-state index in [1.54, 1.807) is 12.3 Å². The molecule has 0 radical (unpaired) electrons. The number of fused-ring (bicyclic) bond motifs is 1. The van der Waals surface area contributed by atoms with Gasteiger partial charge in [-0.3, -0.25) is 4.98 Å². The molecule has 1 aromatic heterocycles. The minimum Gasteiger partial charge on any atom is -0.452 e. The number of hydrogen-bond acceptors (Lipinski definition) is 6. The zero-order valence-corrected chi connectivity index (χ0v) is 19.9. The molecule has 1 aliphatic heterocycles. The highest BCUT2D eigenvalue weighted by molar-refractivity contribution is 6.35. The predicted octanol–water partition coefficient (Wildman–Crippen LogP) is 5.97. The average Bonchev–Trinajstić information content (AvgIpc) is 2.90. The Kier molecular flexibility index (Phi) is 6.97. The number of ether oxygens (including phenoxy) is 2. The van der Waals surface area contributed by atoms with Crippen molar-refractivity contribution >= 4 is 45.9 Å². The summed E-state index contributed by atoms with van der Waals surface area (Å²) in [5.41, 5.74) is 0.954. The molecule has 3 aromatic carbocycles. The van der Waals surface area contributed by atoms with Crippen LogP contribution >= 0.6 is 11.6 Å². The summed E-state index contributed by atoms with van der Waals surface area (Å²) in [5, 5.41) is 4.32. The van der Waals surface area contributed by atoms with E-state index in [0.29, 0.717) is 43.2 Å². The third kappa shape index (κ3) is 5.52. The molecule has 0 aliphatic carbocycles. The van der Waals surface area contributed by atoms with E-state index in [0.717, 1.165) is 12.1 Å². The Balaban J connectivity index is 1.39. The summed E-state index contributed by atoms with van der Waals surface area (Å²) >= 11 is 6.27. The fourth-order valence-corrected chi connectivity index (χ4v) is 3.94. The number of rotatable bonds is 5. The van der Waals surface area contributed by atoms with Gasteiger partial charge in [0.25, 0.3) is 0 Å². The van der Waals surface area contributed by atoms with Crippen LogP contribution in [-0.4, -0.2) is 42.3 Å². The maximum atomic E-state index is 14.7. The fraction of sp³-hybridized carbons (Fsp3) is 0.160. The maximum absolute atomic E-state index is 14.7. The zero-order valence-electron chi connectivity index (χ0n) is 19.1. The van der Waals surface area contributed by atoms with Crippen LogP contribution in [0, 0.1) is 17.5 Å². The van der Waals surface area contributed by atoms with Gasteiger partial charge in [0.05, 0.1) is 36.1 Å². The number of carbonyl (C=O) groups excluding carboxylic acids is 1. The molecule has 5 rings (SSSR count). The van der Waals surface area contributed by atoms with E-state index in [1.165, 1.54) is 30.3 Å². The van der Waals surface area contributed by atoms with Crippen LogP contribution in [0.4, 0.5) is 35.2 Å². The topological polar surface area (TPSA) is 88.6 Å². The summed E-state index contributed by atoms with van der Waals surface area (Å²) in [4.78, 5) is 23.4. The van der Waals surface area contributed by atoms with Crippen molar-refractivity contribution in [2.75, 3.05) is 41.8 Å². The second-order valence-electron chi connectivity index (χ2n) is 8.03. The van der Waals surface area contributed by atoms with Crippen LogP contribution in [0.3, 0.4) is 0 Å². The highest BCUT2D eigenvalue weighted by Crippen LogP contribution is 2.39. The lowest BCUT2D eigenvalue weighted by Crippen LogP contribution is -2.36. The number of anilines is 3. The van der Waals surface area contributed by atoms with Crippen molar-refractivity contribution in [1.29, 1.82) is 0 Å². The van der Waals surface area contributed by atoms with Gasteiger partial charge in [0.15, 0.2) is 11.6 Å². The Bertz CT molecular complexity index is 1480. The quantitative estimate of drug-likeness (QED) is 0.310. The Hall–Kier alpha value is -4.09. The van der Waals surface area contributed by atoms with E-state index in [9.17, 15) is 18.0 Å². The van der Waals surface area contributed by atoms with Gasteiger partial charge in [0.1, 0.15) is 22.4 Å². The second kappa shape index (κ2) is 10.5. The summed E-state index contributed by atoms with van der Waals surface area (Å²) in [6, 6.07) is 9.69. The molecule has 0 unspecified atom stereocenters. The molecular formula is C25H19ClF3N5O3. The molecule has 0 saturated carbocycles. The molecule has 12 heteroatoms. The summed E-state index contributed by atoms with van der Waals surface area (Å²) in [6.45, 7) is 2.50. The first kappa shape index (κ1) is 24.6. The van der Waals surface area contributed by atoms with E-state index >= 15 is 0 Å². The van der Waals surface area contributed by atoms with Crippen molar-refractivity contribution in [3.05, 3.63) is 77.2 Å². The van der Waals surface area contributed by atoms with Gasteiger partial charge in [-0.15, -0.1) is 0 Å². The van der Waals surface area contributed by atoms with Crippen molar-refractivity contribution < 1.29 is 27.4 Å². The first-order valence-electron chi connectivity index (χ1n) is 11.2. The van der Waals surface area contributed by atoms with E-state index < -0.39 is 29.2 Å². The van der Waals surface area contributed by atoms with Crippen LogP contribution in [0.15, 0.2) is 54.7 Å². The third-order valence-corrected chi connectivity index (χ3v) is 5.88. The summed E-state index contributed by atoms with van der Waals surface area (Å²) in [5.74, 6) is -3.04. The second-order valence-corrected chi connectivity index (χ2v) is 8.41. The summed E-state index contributed by atoms with van der Waals surface area (Å²) < 4.78 is 53.4. The molecular weight excluding hydrogens is 511 g/mol. The number of halogens is 4. The first-order chi connectivity index (χ1) is 17.9. The number of hydrogen-bond donors (Lipinski definition) is 2. The number of amides is 2. The fourth-order valence-electron chi connectivity index (χ4n) is 3.72. The Morgan fingerprint density at radius 2 is 1.84 bits per heavy atom. The van der Waals surface area contributed by atoms with E-state index in [-0.39, 0.29) is 22.1 Å². The standard InChI is InChI=1S/C25H19ClF3N5O3/c26-22-20(33-25(35)31-15-3-1-2-14(27)10-15)12-17(28)23(29)24(22)37-16-4-5-18-19(11-16)32-21(13-30-18)34-6-8-36-9-7-34/h1-5,10-13H,6-9H2,(H2,31,33,35). The van der Waals surface area contributed by atoms with Gasteiger partial charge >= 0.3 is 6.03 Å². The van der Waals surface area contributed by atoms with E-state index in [4.69, 9.17) is 21.1 Å². The molecule has 1 saturated heterocycles.